The van der Waals surface area contributed by atoms with E-state index >= 15 is 0 Å². The van der Waals surface area contributed by atoms with Gasteiger partial charge in [-0.15, -0.1) is 0 Å². The molecule has 0 aliphatic rings. The fraction of sp³-hybridized carbons (Fsp3) is 0.692. The average molecular weight is 300 g/mol. The van der Waals surface area contributed by atoms with Gasteiger partial charge >= 0.3 is 0 Å². The maximum absolute atomic E-state index is 12.7. The monoisotopic (exact) mass is 300 g/mol. The lowest BCUT2D eigenvalue weighted by atomic mass is 10.2. The Balaban J connectivity index is 2.94. The highest BCUT2D eigenvalue weighted by atomic mass is 32.2. The fourth-order valence-electron chi connectivity index (χ4n) is 1.98. The van der Waals surface area contributed by atoms with E-state index < -0.39 is 15.3 Å². The molecular weight excluding hydrogens is 276 g/mol. The van der Waals surface area contributed by atoms with Crippen LogP contribution >= 0.6 is 0 Å². The van der Waals surface area contributed by atoms with Gasteiger partial charge in [0.15, 0.2) is 0 Å². The molecule has 0 aliphatic carbocycles. The molecule has 20 heavy (non-hydrogen) atoms. The maximum atomic E-state index is 12.7. The van der Waals surface area contributed by atoms with Crippen LogP contribution in [0, 0.1) is 0 Å². The molecule has 1 heterocycles. The molecule has 1 rings (SSSR count). The van der Waals surface area contributed by atoms with Gasteiger partial charge in [0.2, 0.25) is 10.0 Å². The summed E-state index contributed by atoms with van der Waals surface area (Å²) in [5, 5.41) is 2.44. The van der Waals surface area contributed by atoms with Crippen molar-refractivity contribution in [2.75, 3.05) is 20.1 Å². The van der Waals surface area contributed by atoms with E-state index in [-0.39, 0.29) is 6.04 Å². The molecular formula is C13H24N4O2S. The second-order valence-electron chi connectivity index (χ2n) is 4.66. The van der Waals surface area contributed by atoms with Gasteiger partial charge in [0.1, 0.15) is 5.25 Å². The molecule has 0 saturated carbocycles. The van der Waals surface area contributed by atoms with Gasteiger partial charge in [0.05, 0.1) is 5.69 Å². The second-order valence-corrected chi connectivity index (χ2v) is 6.92. The third-order valence-corrected chi connectivity index (χ3v) is 5.75. The first-order valence-electron chi connectivity index (χ1n) is 6.89. The second kappa shape index (κ2) is 7.66. The van der Waals surface area contributed by atoms with Crippen LogP contribution in [0.1, 0.15) is 38.1 Å². The molecule has 0 amide bonds. The van der Waals surface area contributed by atoms with Crippen molar-refractivity contribution < 1.29 is 8.42 Å². The molecule has 0 unspecified atom stereocenters. The molecule has 2 atom stereocenters. The number of likely N-dealkylation sites (N-methyl/N-ethyl adjacent to an activating group) is 2. The topological polar surface area (TPSA) is 75.2 Å². The Kier molecular flexibility index (Phi) is 6.51. The molecule has 1 N–H and O–H groups in total. The Morgan fingerprint density at radius 2 is 2.05 bits per heavy atom. The first-order valence-corrected chi connectivity index (χ1v) is 8.39. The number of hydrogen-bond donors (Lipinski definition) is 1. The summed E-state index contributed by atoms with van der Waals surface area (Å²) in [6, 6.07) is 0.152. The first kappa shape index (κ1) is 17.0. The first-order chi connectivity index (χ1) is 9.47. The van der Waals surface area contributed by atoms with Gasteiger partial charge < -0.3 is 5.32 Å². The largest absolute Gasteiger partial charge is 0.316 e. The van der Waals surface area contributed by atoms with Gasteiger partial charge in [-0.3, -0.25) is 9.97 Å². The SMILES string of the molecule is CC[C@H](CN(CC)S(=O)(=O)[C@@H](C)c1cnccn1)NC. The summed E-state index contributed by atoms with van der Waals surface area (Å²) in [4.78, 5) is 8.04. The number of rotatable bonds is 8. The van der Waals surface area contributed by atoms with Crippen LogP contribution in [0.15, 0.2) is 18.6 Å². The molecule has 0 radical (unpaired) electrons. The summed E-state index contributed by atoms with van der Waals surface area (Å²) in [6.45, 7) is 6.46. The summed E-state index contributed by atoms with van der Waals surface area (Å²) in [5.74, 6) is 0. The summed E-state index contributed by atoms with van der Waals surface area (Å²) in [5.41, 5.74) is 0.475. The predicted octanol–water partition coefficient (Wildman–Crippen LogP) is 1.19. The minimum Gasteiger partial charge on any atom is -0.316 e. The smallest absolute Gasteiger partial charge is 0.222 e. The highest BCUT2D eigenvalue weighted by Crippen LogP contribution is 2.23. The van der Waals surface area contributed by atoms with E-state index in [1.54, 1.807) is 6.92 Å². The van der Waals surface area contributed by atoms with Crippen molar-refractivity contribution >= 4 is 10.0 Å². The van der Waals surface area contributed by atoms with Crippen molar-refractivity contribution in [2.45, 2.75) is 38.5 Å². The summed E-state index contributed by atoms with van der Waals surface area (Å²) < 4.78 is 26.8. The maximum Gasteiger partial charge on any atom is 0.222 e. The predicted molar refractivity (Wildman–Crippen MR) is 79.8 cm³/mol. The summed E-state index contributed by atoms with van der Waals surface area (Å²) >= 11 is 0. The number of hydrogen-bond acceptors (Lipinski definition) is 5. The zero-order chi connectivity index (χ0) is 15.2. The molecule has 0 spiro atoms. The van der Waals surface area contributed by atoms with Crippen molar-refractivity contribution in [1.29, 1.82) is 0 Å². The molecule has 6 nitrogen and oxygen atoms in total. The van der Waals surface area contributed by atoms with Gasteiger partial charge in [0.25, 0.3) is 0 Å². The highest BCUT2D eigenvalue weighted by Gasteiger charge is 2.31. The number of aromatic nitrogens is 2. The Morgan fingerprint density at radius 3 is 2.50 bits per heavy atom. The van der Waals surface area contributed by atoms with E-state index in [9.17, 15) is 8.42 Å². The van der Waals surface area contributed by atoms with Crippen molar-refractivity contribution in [3.05, 3.63) is 24.3 Å². The quantitative estimate of drug-likeness (QED) is 0.780. The van der Waals surface area contributed by atoms with E-state index in [0.717, 1.165) is 6.42 Å². The van der Waals surface area contributed by atoms with Gasteiger partial charge in [-0.1, -0.05) is 13.8 Å². The van der Waals surface area contributed by atoms with Crippen molar-refractivity contribution in [1.82, 2.24) is 19.6 Å². The molecule has 1 aromatic rings. The van der Waals surface area contributed by atoms with Crippen molar-refractivity contribution in [3.8, 4) is 0 Å². The molecule has 0 bridgehead atoms. The van der Waals surface area contributed by atoms with Crippen LogP contribution < -0.4 is 5.32 Å². The lowest BCUT2D eigenvalue weighted by Crippen LogP contribution is -2.43. The van der Waals surface area contributed by atoms with E-state index in [4.69, 9.17) is 0 Å². The minimum atomic E-state index is -3.43. The van der Waals surface area contributed by atoms with E-state index in [2.05, 4.69) is 15.3 Å². The van der Waals surface area contributed by atoms with Crippen LogP contribution in [-0.4, -0.2) is 48.9 Å². The van der Waals surface area contributed by atoms with Gasteiger partial charge in [0, 0.05) is 37.7 Å². The molecule has 114 valence electrons. The summed E-state index contributed by atoms with van der Waals surface area (Å²) in [7, 11) is -1.58. The standard InChI is InChI=1S/C13H24N4O2S/c1-5-12(14-4)10-17(6-2)20(18,19)11(3)13-9-15-7-8-16-13/h7-9,11-12,14H,5-6,10H2,1-4H3/t11-,12+/m0/s1. The minimum absolute atomic E-state index is 0.152. The fourth-order valence-corrected chi connectivity index (χ4v) is 3.60. The van der Waals surface area contributed by atoms with Gasteiger partial charge in [-0.25, -0.2) is 12.7 Å². The van der Waals surface area contributed by atoms with Crippen molar-refractivity contribution in [2.24, 2.45) is 0 Å². The van der Waals surface area contributed by atoms with Crippen LogP contribution in [0.2, 0.25) is 0 Å². The van der Waals surface area contributed by atoms with Crippen LogP contribution in [-0.2, 0) is 10.0 Å². The third-order valence-electron chi connectivity index (χ3n) is 3.48. The Bertz CT molecular complexity index is 488. The lowest BCUT2D eigenvalue weighted by molar-refractivity contribution is 0.364. The summed E-state index contributed by atoms with van der Waals surface area (Å²) in [6.07, 6.45) is 5.43. The highest BCUT2D eigenvalue weighted by molar-refractivity contribution is 7.89. The van der Waals surface area contributed by atoms with E-state index in [1.165, 1.54) is 22.9 Å². The molecule has 0 aromatic carbocycles. The van der Waals surface area contributed by atoms with E-state index in [0.29, 0.717) is 18.8 Å². The Hall–Kier alpha value is -1.05. The zero-order valence-corrected chi connectivity index (χ0v) is 13.4. The molecule has 0 saturated heterocycles. The average Bonchev–Trinajstić information content (AvgIpc) is 2.48. The Morgan fingerprint density at radius 1 is 1.35 bits per heavy atom. The molecule has 0 aliphatic heterocycles. The normalized spacial score (nSPS) is 15.2. The number of nitrogens with zero attached hydrogens (tertiary/aromatic N) is 3. The van der Waals surface area contributed by atoms with Crippen molar-refractivity contribution in [3.63, 3.8) is 0 Å². The molecule has 0 fully saturated rings. The lowest BCUT2D eigenvalue weighted by Gasteiger charge is -2.27. The van der Waals surface area contributed by atoms with Gasteiger partial charge in [-0.05, 0) is 20.4 Å². The van der Waals surface area contributed by atoms with Crippen LogP contribution in [0.5, 0.6) is 0 Å². The van der Waals surface area contributed by atoms with Gasteiger partial charge in [-0.2, -0.15) is 0 Å². The zero-order valence-electron chi connectivity index (χ0n) is 12.6. The Labute approximate surface area is 121 Å². The number of sulfonamides is 1. The number of nitrogens with one attached hydrogen (secondary N) is 1. The van der Waals surface area contributed by atoms with Crippen LogP contribution in [0.25, 0.3) is 0 Å². The molecule has 7 heteroatoms. The van der Waals surface area contributed by atoms with Crippen LogP contribution in [0.4, 0.5) is 0 Å². The van der Waals surface area contributed by atoms with E-state index in [1.807, 2.05) is 20.9 Å². The third kappa shape index (κ3) is 3.97. The molecule has 1 aromatic heterocycles. The van der Waals surface area contributed by atoms with Crippen LogP contribution in [0.3, 0.4) is 0 Å².